The highest BCUT2D eigenvalue weighted by atomic mass is 32.2. The number of aromatic nitrogens is 1. The molecule has 0 spiro atoms. The Hall–Kier alpha value is -1.41. The van der Waals surface area contributed by atoms with Crippen LogP contribution in [-0.4, -0.2) is 52.6 Å². The van der Waals surface area contributed by atoms with E-state index in [1.807, 2.05) is 0 Å². The minimum atomic E-state index is -2.99. The number of nitrogens with one attached hydrogen (secondary N) is 1. The van der Waals surface area contributed by atoms with Crippen molar-refractivity contribution in [3.63, 3.8) is 0 Å². The summed E-state index contributed by atoms with van der Waals surface area (Å²) in [7, 11) is -2.99. The third kappa shape index (κ3) is 2.50. The molecule has 1 aromatic rings. The van der Waals surface area contributed by atoms with Gasteiger partial charge in [-0.25, -0.2) is 13.4 Å². The van der Waals surface area contributed by atoms with Gasteiger partial charge in [0.2, 0.25) is 0 Å². The zero-order valence-corrected chi connectivity index (χ0v) is 11.6. The summed E-state index contributed by atoms with van der Waals surface area (Å²) in [6, 6.07) is 3.40. The van der Waals surface area contributed by atoms with E-state index in [-0.39, 0.29) is 22.8 Å². The summed E-state index contributed by atoms with van der Waals surface area (Å²) in [5.41, 5.74) is 0.872. The first-order valence-electron chi connectivity index (χ1n) is 5.74. The van der Waals surface area contributed by atoms with Crippen molar-refractivity contribution in [2.24, 2.45) is 5.10 Å². The molecule has 3 heterocycles. The molecule has 1 aromatic heterocycles. The molecule has 0 saturated carbocycles. The number of hydrogen-bond acceptors (Lipinski definition) is 6. The van der Waals surface area contributed by atoms with Gasteiger partial charge in [-0.15, -0.1) is 0 Å². The lowest BCUT2D eigenvalue weighted by Gasteiger charge is -2.17. The van der Waals surface area contributed by atoms with Crippen molar-refractivity contribution in [3.05, 3.63) is 30.1 Å². The van der Waals surface area contributed by atoms with E-state index in [9.17, 15) is 8.42 Å². The van der Waals surface area contributed by atoms with Gasteiger partial charge in [0.1, 0.15) is 0 Å². The maximum atomic E-state index is 11.6. The predicted octanol–water partition coefficient (Wildman–Crippen LogP) is 0.565. The molecule has 100 valence electrons. The number of hydrazone groups is 1. The molecule has 6 nitrogen and oxygen atoms in total. The normalized spacial score (nSPS) is 29.1. The molecular weight excluding hydrogens is 284 g/mol. The van der Waals surface area contributed by atoms with Gasteiger partial charge in [0.05, 0.1) is 23.8 Å². The zero-order valence-electron chi connectivity index (χ0n) is 9.93. The molecule has 0 aromatic carbocycles. The molecular formula is C11H12N4O2S2. The monoisotopic (exact) mass is 296 g/mol. The van der Waals surface area contributed by atoms with Gasteiger partial charge < -0.3 is 0 Å². The lowest BCUT2D eigenvalue weighted by molar-refractivity contribution is 0.376. The highest BCUT2D eigenvalue weighted by molar-refractivity contribution is 8.15. The van der Waals surface area contributed by atoms with Gasteiger partial charge in [0.15, 0.2) is 15.0 Å². The van der Waals surface area contributed by atoms with Gasteiger partial charge in [0.25, 0.3) is 0 Å². The number of pyridine rings is 1. The summed E-state index contributed by atoms with van der Waals surface area (Å²) in [5.74, 6) is 0.229. The third-order valence-corrected chi connectivity index (χ3v) is 6.22. The molecule has 2 aliphatic rings. The molecule has 0 aliphatic carbocycles. The number of nitrogens with zero attached hydrogens (tertiary/aromatic N) is 3. The van der Waals surface area contributed by atoms with Crippen LogP contribution in [0.2, 0.25) is 0 Å². The van der Waals surface area contributed by atoms with Crippen molar-refractivity contribution in [2.45, 2.75) is 11.3 Å². The Morgan fingerprint density at radius 3 is 2.89 bits per heavy atom. The van der Waals surface area contributed by atoms with Crippen molar-refractivity contribution in [1.82, 2.24) is 9.99 Å². The van der Waals surface area contributed by atoms with Crippen LogP contribution in [0.25, 0.3) is 0 Å². The number of fused-ring (bicyclic) bond motifs is 1. The molecule has 2 saturated heterocycles. The first kappa shape index (κ1) is 12.6. The van der Waals surface area contributed by atoms with E-state index in [1.165, 1.54) is 16.8 Å². The SMILES string of the molecule is N=C1S[C@H]2CS(=O)(=O)C[C@H]2N1/N=C\c1ccncc1. The van der Waals surface area contributed by atoms with E-state index in [4.69, 9.17) is 5.41 Å². The number of thioether (sulfide) groups is 1. The molecule has 1 N–H and O–H groups in total. The van der Waals surface area contributed by atoms with E-state index < -0.39 is 9.84 Å². The topological polar surface area (TPSA) is 86.5 Å². The molecule has 0 bridgehead atoms. The Morgan fingerprint density at radius 1 is 1.42 bits per heavy atom. The molecule has 2 aliphatic heterocycles. The van der Waals surface area contributed by atoms with Crippen molar-refractivity contribution in [2.75, 3.05) is 11.5 Å². The van der Waals surface area contributed by atoms with Crippen LogP contribution in [0.3, 0.4) is 0 Å². The number of amidine groups is 1. The van der Waals surface area contributed by atoms with Gasteiger partial charge >= 0.3 is 0 Å². The number of rotatable bonds is 2. The van der Waals surface area contributed by atoms with Crippen LogP contribution in [0.5, 0.6) is 0 Å². The van der Waals surface area contributed by atoms with Gasteiger partial charge in [-0.1, -0.05) is 11.8 Å². The fraction of sp³-hybridized carbons (Fsp3) is 0.364. The van der Waals surface area contributed by atoms with Crippen LogP contribution < -0.4 is 0 Å². The van der Waals surface area contributed by atoms with Crippen LogP contribution in [0.4, 0.5) is 0 Å². The zero-order chi connectivity index (χ0) is 13.5. The molecule has 0 radical (unpaired) electrons. The fourth-order valence-electron chi connectivity index (χ4n) is 2.20. The van der Waals surface area contributed by atoms with Crippen molar-refractivity contribution < 1.29 is 8.42 Å². The summed E-state index contributed by atoms with van der Waals surface area (Å²) in [4.78, 5) is 3.91. The first-order chi connectivity index (χ1) is 9.05. The first-order valence-corrected chi connectivity index (χ1v) is 8.44. The van der Waals surface area contributed by atoms with Crippen LogP contribution in [0, 0.1) is 5.41 Å². The van der Waals surface area contributed by atoms with Gasteiger partial charge in [-0.3, -0.25) is 10.4 Å². The van der Waals surface area contributed by atoms with E-state index in [0.717, 1.165) is 5.56 Å². The maximum absolute atomic E-state index is 11.6. The third-order valence-electron chi connectivity index (χ3n) is 3.09. The smallest absolute Gasteiger partial charge is 0.177 e. The van der Waals surface area contributed by atoms with E-state index in [2.05, 4.69) is 10.1 Å². The second-order valence-electron chi connectivity index (χ2n) is 4.48. The molecule has 0 amide bonds. The Labute approximate surface area is 115 Å². The van der Waals surface area contributed by atoms with Gasteiger partial charge in [0, 0.05) is 17.6 Å². The highest BCUT2D eigenvalue weighted by Gasteiger charge is 2.48. The predicted molar refractivity (Wildman–Crippen MR) is 75.2 cm³/mol. The van der Waals surface area contributed by atoms with Gasteiger partial charge in [-0.2, -0.15) is 5.10 Å². The van der Waals surface area contributed by atoms with E-state index in [1.54, 1.807) is 30.7 Å². The molecule has 2 atom stereocenters. The average molecular weight is 296 g/mol. The standard InChI is InChI=1S/C11H12N4O2S2/c12-11-15(14-5-8-1-3-13-4-2-8)9-6-19(16,17)7-10(9)18-11/h1-5,9-10,12H,6-7H2/b12-11?,14-5-/t9-,10+/m1/s1. The summed E-state index contributed by atoms with van der Waals surface area (Å²) in [6.07, 6.45) is 4.95. The van der Waals surface area contributed by atoms with E-state index in [0.29, 0.717) is 5.17 Å². The van der Waals surface area contributed by atoms with Crippen LogP contribution in [0.15, 0.2) is 29.6 Å². The molecule has 2 fully saturated rings. The van der Waals surface area contributed by atoms with Gasteiger partial charge in [-0.05, 0) is 17.7 Å². The average Bonchev–Trinajstić information content (AvgIpc) is 2.79. The quantitative estimate of drug-likeness (QED) is 0.806. The lowest BCUT2D eigenvalue weighted by Crippen LogP contribution is -2.32. The molecule has 0 unspecified atom stereocenters. The van der Waals surface area contributed by atoms with Crippen LogP contribution in [0.1, 0.15) is 5.56 Å². The minimum absolute atomic E-state index is 0.0629. The largest absolute Gasteiger partial charge is 0.277 e. The number of sulfone groups is 1. The Morgan fingerprint density at radius 2 is 2.16 bits per heavy atom. The minimum Gasteiger partial charge on any atom is -0.277 e. The van der Waals surface area contributed by atoms with Crippen molar-refractivity contribution >= 4 is 33.0 Å². The Balaban J connectivity index is 1.81. The Bertz CT molecular complexity index is 629. The second-order valence-corrected chi connectivity index (χ2v) is 7.86. The fourth-order valence-corrected chi connectivity index (χ4v) is 5.92. The summed E-state index contributed by atoms with van der Waals surface area (Å²) in [6.45, 7) is 0. The van der Waals surface area contributed by atoms with E-state index >= 15 is 0 Å². The van der Waals surface area contributed by atoms with Crippen molar-refractivity contribution in [3.8, 4) is 0 Å². The molecule has 3 rings (SSSR count). The highest BCUT2D eigenvalue weighted by Crippen LogP contribution is 2.37. The summed E-state index contributed by atoms with van der Waals surface area (Å²) in [5, 5.41) is 13.9. The second kappa shape index (κ2) is 4.61. The maximum Gasteiger partial charge on any atom is 0.177 e. The number of hydrogen-bond donors (Lipinski definition) is 1. The molecule has 8 heteroatoms. The summed E-state index contributed by atoms with van der Waals surface area (Å²) < 4.78 is 23.2. The van der Waals surface area contributed by atoms with Crippen molar-refractivity contribution in [1.29, 1.82) is 5.41 Å². The lowest BCUT2D eigenvalue weighted by atomic mass is 10.2. The Kier molecular flexibility index (Phi) is 3.06. The van der Waals surface area contributed by atoms with Crippen LogP contribution in [-0.2, 0) is 9.84 Å². The van der Waals surface area contributed by atoms with Crippen LogP contribution >= 0.6 is 11.8 Å². The summed E-state index contributed by atoms with van der Waals surface area (Å²) >= 11 is 1.29. The molecule has 19 heavy (non-hydrogen) atoms.